The highest BCUT2D eigenvalue weighted by Gasteiger charge is 2.33. The van der Waals surface area contributed by atoms with Gasteiger partial charge in [-0.1, -0.05) is 13.3 Å². The standard InChI is InChI=1S/C14H20BrN3O/c1-3-4-7-18(11-5-6-11)14(19)12-8-10(15)9-17-13(12)16-2/h8-9,11H,3-7H2,1-2H3,(H,16,17). The number of aromatic nitrogens is 1. The van der Waals surface area contributed by atoms with E-state index in [1.165, 1.54) is 0 Å². The first-order chi connectivity index (χ1) is 9.17. The fraction of sp³-hybridized carbons (Fsp3) is 0.571. The SMILES string of the molecule is CCCCN(C(=O)c1cc(Br)cnc1NC)C1CC1. The van der Waals surface area contributed by atoms with Crippen molar-refractivity contribution < 1.29 is 4.79 Å². The zero-order valence-corrected chi connectivity index (χ0v) is 13.0. The topological polar surface area (TPSA) is 45.2 Å². The highest BCUT2D eigenvalue weighted by molar-refractivity contribution is 9.10. The van der Waals surface area contributed by atoms with E-state index in [-0.39, 0.29) is 5.91 Å². The molecule has 0 saturated heterocycles. The van der Waals surface area contributed by atoms with Crippen molar-refractivity contribution in [2.45, 2.75) is 38.6 Å². The Kier molecular flexibility index (Phi) is 4.80. The first-order valence-electron chi connectivity index (χ1n) is 6.81. The van der Waals surface area contributed by atoms with E-state index in [0.717, 1.165) is 36.7 Å². The molecule has 1 aromatic heterocycles. The van der Waals surface area contributed by atoms with Gasteiger partial charge in [-0.3, -0.25) is 4.79 Å². The van der Waals surface area contributed by atoms with E-state index in [9.17, 15) is 4.79 Å². The average Bonchev–Trinajstić information content (AvgIpc) is 3.23. The number of amides is 1. The number of unbranched alkanes of at least 4 members (excludes halogenated alkanes) is 1. The van der Waals surface area contributed by atoms with Crippen molar-refractivity contribution in [3.8, 4) is 0 Å². The van der Waals surface area contributed by atoms with Crippen molar-refractivity contribution in [2.75, 3.05) is 18.9 Å². The number of pyridine rings is 1. The van der Waals surface area contributed by atoms with Crippen LogP contribution in [-0.4, -0.2) is 35.4 Å². The molecule has 19 heavy (non-hydrogen) atoms. The summed E-state index contributed by atoms with van der Waals surface area (Å²) in [5.41, 5.74) is 0.653. The van der Waals surface area contributed by atoms with E-state index in [1.54, 1.807) is 13.2 Å². The zero-order chi connectivity index (χ0) is 13.8. The summed E-state index contributed by atoms with van der Waals surface area (Å²) in [6, 6.07) is 2.28. The molecule has 1 aromatic rings. The molecule has 0 aromatic carbocycles. The van der Waals surface area contributed by atoms with Crippen LogP contribution in [0.15, 0.2) is 16.7 Å². The van der Waals surface area contributed by atoms with Crippen LogP contribution in [0.3, 0.4) is 0 Å². The summed E-state index contributed by atoms with van der Waals surface area (Å²) in [6.07, 6.45) is 6.12. The fourth-order valence-corrected chi connectivity index (χ4v) is 2.45. The predicted octanol–water partition coefficient (Wildman–Crippen LogP) is 3.29. The molecule has 0 atom stereocenters. The second kappa shape index (κ2) is 6.37. The molecule has 0 bridgehead atoms. The molecule has 0 spiro atoms. The largest absolute Gasteiger partial charge is 0.372 e. The molecule has 0 aliphatic heterocycles. The first-order valence-corrected chi connectivity index (χ1v) is 7.61. The van der Waals surface area contributed by atoms with Crippen LogP contribution in [0.1, 0.15) is 43.0 Å². The van der Waals surface area contributed by atoms with Crippen LogP contribution in [0.4, 0.5) is 5.82 Å². The maximum absolute atomic E-state index is 12.7. The smallest absolute Gasteiger partial charge is 0.257 e. The molecular weight excluding hydrogens is 306 g/mol. The summed E-state index contributed by atoms with van der Waals surface area (Å²) in [7, 11) is 1.79. The van der Waals surface area contributed by atoms with Crippen molar-refractivity contribution in [1.82, 2.24) is 9.88 Å². The summed E-state index contributed by atoms with van der Waals surface area (Å²) < 4.78 is 0.834. The van der Waals surface area contributed by atoms with Crippen molar-refractivity contribution in [1.29, 1.82) is 0 Å². The second-order valence-electron chi connectivity index (χ2n) is 4.88. The lowest BCUT2D eigenvalue weighted by Gasteiger charge is -2.23. The van der Waals surface area contributed by atoms with Crippen molar-refractivity contribution in [3.63, 3.8) is 0 Å². The molecule has 1 aliphatic rings. The number of rotatable bonds is 6. The Morgan fingerprint density at radius 2 is 2.32 bits per heavy atom. The molecule has 1 fully saturated rings. The third kappa shape index (κ3) is 3.47. The minimum absolute atomic E-state index is 0.0918. The van der Waals surface area contributed by atoms with Gasteiger partial charge in [0.1, 0.15) is 5.82 Å². The number of carbonyl (C=O) groups is 1. The van der Waals surface area contributed by atoms with Crippen molar-refractivity contribution in [3.05, 3.63) is 22.3 Å². The molecule has 4 nitrogen and oxygen atoms in total. The third-order valence-corrected chi connectivity index (χ3v) is 3.76. The molecule has 104 valence electrons. The lowest BCUT2D eigenvalue weighted by molar-refractivity contribution is 0.0741. The Bertz CT molecular complexity index is 460. The van der Waals surface area contributed by atoms with Gasteiger partial charge in [0.15, 0.2) is 0 Å². The van der Waals surface area contributed by atoms with Gasteiger partial charge in [0, 0.05) is 30.3 Å². The van der Waals surface area contributed by atoms with Crippen LogP contribution in [0.5, 0.6) is 0 Å². The quantitative estimate of drug-likeness (QED) is 0.872. The Balaban J connectivity index is 2.22. The predicted molar refractivity (Wildman–Crippen MR) is 80.5 cm³/mol. The van der Waals surface area contributed by atoms with Crippen LogP contribution in [0.25, 0.3) is 0 Å². The van der Waals surface area contributed by atoms with Gasteiger partial charge in [0.25, 0.3) is 5.91 Å². The van der Waals surface area contributed by atoms with Crippen LogP contribution in [0.2, 0.25) is 0 Å². The monoisotopic (exact) mass is 325 g/mol. The number of carbonyl (C=O) groups excluding carboxylic acids is 1. The number of hydrogen-bond donors (Lipinski definition) is 1. The summed E-state index contributed by atoms with van der Waals surface area (Å²) >= 11 is 3.39. The van der Waals surface area contributed by atoms with E-state index in [0.29, 0.717) is 17.4 Å². The van der Waals surface area contributed by atoms with Gasteiger partial charge in [-0.15, -0.1) is 0 Å². The molecule has 1 amide bonds. The highest BCUT2D eigenvalue weighted by atomic mass is 79.9. The van der Waals surface area contributed by atoms with E-state index < -0.39 is 0 Å². The van der Waals surface area contributed by atoms with Crippen LogP contribution in [0, 0.1) is 0 Å². The van der Waals surface area contributed by atoms with Gasteiger partial charge in [-0.05, 0) is 41.3 Å². The second-order valence-corrected chi connectivity index (χ2v) is 5.80. The summed E-state index contributed by atoms with van der Waals surface area (Å²) in [5, 5.41) is 2.99. The maximum atomic E-state index is 12.7. The minimum atomic E-state index is 0.0918. The summed E-state index contributed by atoms with van der Waals surface area (Å²) in [4.78, 5) is 19.0. The van der Waals surface area contributed by atoms with Gasteiger partial charge in [-0.2, -0.15) is 0 Å². The third-order valence-electron chi connectivity index (χ3n) is 3.32. The van der Waals surface area contributed by atoms with E-state index in [2.05, 4.69) is 33.2 Å². The number of nitrogens with one attached hydrogen (secondary N) is 1. The molecule has 5 heteroatoms. The molecule has 1 saturated carbocycles. The number of anilines is 1. The molecule has 1 aliphatic carbocycles. The number of nitrogens with zero attached hydrogens (tertiary/aromatic N) is 2. The zero-order valence-electron chi connectivity index (χ0n) is 11.4. The Morgan fingerprint density at radius 3 is 2.89 bits per heavy atom. The summed E-state index contributed by atoms with van der Waals surface area (Å²) in [6.45, 7) is 2.99. The Hall–Kier alpha value is -1.10. The van der Waals surface area contributed by atoms with Crippen LogP contribution < -0.4 is 5.32 Å². The van der Waals surface area contributed by atoms with Gasteiger partial charge in [0.05, 0.1) is 5.56 Å². The van der Waals surface area contributed by atoms with Gasteiger partial charge >= 0.3 is 0 Å². The van der Waals surface area contributed by atoms with Gasteiger partial charge in [0.2, 0.25) is 0 Å². The van der Waals surface area contributed by atoms with E-state index in [4.69, 9.17) is 0 Å². The molecule has 0 radical (unpaired) electrons. The molecule has 0 unspecified atom stereocenters. The molecular formula is C14H20BrN3O. The Morgan fingerprint density at radius 1 is 1.58 bits per heavy atom. The summed E-state index contributed by atoms with van der Waals surface area (Å²) in [5.74, 6) is 0.740. The van der Waals surface area contributed by atoms with Gasteiger partial charge < -0.3 is 10.2 Å². The molecule has 1 N–H and O–H groups in total. The maximum Gasteiger partial charge on any atom is 0.257 e. The molecule has 1 heterocycles. The average molecular weight is 326 g/mol. The fourth-order valence-electron chi connectivity index (χ4n) is 2.12. The first kappa shape index (κ1) is 14.3. The lowest BCUT2D eigenvalue weighted by Crippen LogP contribution is -2.34. The van der Waals surface area contributed by atoms with Crippen molar-refractivity contribution >= 4 is 27.7 Å². The lowest BCUT2D eigenvalue weighted by atomic mass is 10.2. The van der Waals surface area contributed by atoms with E-state index in [1.807, 2.05) is 11.0 Å². The van der Waals surface area contributed by atoms with Crippen LogP contribution in [-0.2, 0) is 0 Å². The van der Waals surface area contributed by atoms with Gasteiger partial charge in [-0.25, -0.2) is 4.98 Å². The van der Waals surface area contributed by atoms with Crippen LogP contribution >= 0.6 is 15.9 Å². The number of halogens is 1. The molecule has 2 rings (SSSR count). The van der Waals surface area contributed by atoms with E-state index >= 15 is 0 Å². The number of hydrogen-bond acceptors (Lipinski definition) is 3. The Labute approximate surface area is 122 Å². The highest BCUT2D eigenvalue weighted by Crippen LogP contribution is 2.30. The normalized spacial score (nSPS) is 14.3. The van der Waals surface area contributed by atoms with Crippen molar-refractivity contribution in [2.24, 2.45) is 0 Å². The minimum Gasteiger partial charge on any atom is -0.372 e.